The number of aryl methyl sites for hydroxylation is 1. The van der Waals surface area contributed by atoms with Crippen molar-refractivity contribution < 1.29 is 15.0 Å². The third-order valence-corrected chi connectivity index (χ3v) is 3.62. The lowest BCUT2D eigenvalue weighted by atomic mass is 10.1. The molecule has 0 spiro atoms. The summed E-state index contributed by atoms with van der Waals surface area (Å²) in [6.07, 6.45) is 2.36. The van der Waals surface area contributed by atoms with Crippen LogP contribution < -0.4 is 0 Å². The van der Waals surface area contributed by atoms with E-state index < -0.39 is 5.97 Å². The molecular weight excluding hydrogens is 256 g/mol. The highest BCUT2D eigenvalue weighted by Gasteiger charge is 2.17. The Balaban J connectivity index is 2.60. The minimum Gasteiger partial charge on any atom is -0.478 e. The van der Waals surface area contributed by atoms with Gasteiger partial charge in [-0.3, -0.25) is 0 Å². The van der Waals surface area contributed by atoms with Crippen molar-refractivity contribution in [1.82, 2.24) is 9.55 Å². The minimum absolute atomic E-state index is 0.133. The largest absolute Gasteiger partial charge is 0.478 e. The van der Waals surface area contributed by atoms with Gasteiger partial charge < -0.3 is 14.8 Å². The lowest BCUT2D eigenvalue weighted by Gasteiger charge is -2.19. The van der Waals surface area contributed by atoms with Gasteiger partial charge in [-0.15, -0.1) is 0 Å². The van der Waals surface area contributed by atoms with E-state index in [9.17, 15) is 9.90 Å². The number of hydrogen-bond acceptors (Lipinski definition) is 3. The van der Waals surface area contributed by atoms with Crippen molar-refractivity contribution in [2.45, 2.75) is 39.2 Å². The smallest absolute Gasteiger partial charge is 0.335 e. The van der Waals surface area contributed by atoms with Crippen LogP contribution >= 0.6 is 0 Å². The Hall–Kier alpha value is -1.88. The maximum atomic E-state index is 11.0. The van der Waals surface area contributed by atoms with E-state index in [0.29, 0.717) is 11.9 Å². The van der Waals surface area contributed by atoms with Crippen molar-refractivity contribution >= 4 is 17.0 Å². The molecule has 0 aliphatic heterocycles. The Labute approximate surface area is 117 Å². The van der Waals surface area contributed by atoms with Crippen molar-refractivity contribution in [1.29, 1.82) is 0 Å². The number of carboxylic acids is 1. The number of fused-ring (bicyclic) bond motifs is 1. The molecule has 0 fully saturated rings. The maximum Gasteiger partial charge on any atom is 0.335 e. The first-order valence-electron chi connectivity index (χ1n) is 6.97. The van der Waals surface area contributed by atoms with Crippen LogP contribution in [0.4, 0.5) is 0 Å². The van der Waals surface area contributed by atoms with Crippen LogP contribution in [0.2, 0.25) is 0 Å². The Morgan fingerprint density at radius 1 is 1.40 bits per heavy atom. The third kappa shape index (κ3) is 2.54. The van der Waals surface area contributed by atoms with Gasteiger partial charge in [0.2, 0.25) is 0 Å². The number of rotatable bonds is 6. The molecule has 5 nitrogen and oxygen atoms in total. The van der Waals surface area contributed by atoms with Crippen molar-refractivity contribution in [2.24, 2.45) is 0 Å². The molecule has 1 atom stereocenters. The number of aliphatic hydroxyl groups excluding tert-OH is 1. The number of aromatic carboxylic acids is 1. The van der Waals surface area contributed by atoms with Crippen LogP contribution in [0, 0.1) is 0 Å². The number of benzene rings is 1. The topological polar surface area (TPSA) is 75.3 Å². The second kappa shape index (κ2) is 6.05. The SMILES string of the molecule is CCc1nc2cc(C(=O)O)ccc2n1C(CC)CCO. The van der Waals surface area contributed by atoms with Gasteiger partial charge >= 0.3 is 5.97 Å². The molecule has 0 saturated carbocycles. The summed E-state index contributed by atoms with van der Waals surface area (Å²) in [6.45, 7) is 4.24. The molecule has 20 heavy (non-hydrogen) atoms. The molecule has 0 saturated heterocycles. The van der Waals surface area contributed by atoms with Gasteiger partial charge in [-0.1, -0.05) is 13.8 Å². The molecule has 0 amide bonds. The highest BCUT2D eigenvalue weighted by molar-refractivity contribution is 5.92. The highest BCUT2D eigenvalue weighted by atomic mass is 16.4. The Bertz CT molecular complexity index is 619. The fraction of sp³-hybridized carbons (Fsp3) is 0.467. The molecule has 1 heterocycles. The minimum atomic E-state index is -0.943. The van der Waals surface area contributed by atoms with E-state index in [0.717, 1.165) is 24.2 Å². The van der Waals surface area contributed by atoms with Crippen LogP contribution in [0.1, 0.15) is 48.9 Å². The molecule has 2 rings (SSSR count). The first-order chi connectivity index (χ1) is 9.62. The molecule has 1 aromatic heterocycles. The normalized spacial score (nSPS) is 12.8. The molecule has 1 aromatic carbocycles. The summed E-state index contributed by atoms with van der Waals surface area (Å²) in [5.74, 6) is -0.00950. The van der Waals surface area contributed by atoms with Crippen molar-refractivity contribution in [3.63, 3.8) is 0 Å². The second-order valence-electron chi connectivity index (χ2n) is 4.83. The summed E-state index contributed by atoms with van der Waals surface area (Å²) < 4.78 is 2.14. The molecular formula is C15H20N2O3. The first kappa shape index (κ1) is 14.5. The predicted molar refractivity (Wildman–Crippen MR) is 77.1 cm³/mol. The number of carboxylic acid groups (broad SMARTS) is 1. The van der Waals surface area contributed by atoms with E-state index in [1.165, 1.54) is 0 Å². The van der Waals surface area contributed by atoms with Gasteiger partial charge in [-0.2, -0.15) is 0 Å². The summed E-state index contributed by atoms with van der Waals surface area (Å²) in [6, 6.07) is 5.22. The van der Waals surface area contributed by atoms with Crippen LogP contribution in [-0.2, 0) is 6.42 Å². The molecule has 5 heteroatoms. The number of aliphatic hydroxyl groups is 1. The maximum absolute atomic E-state index is 11.0. The predicted octanol–water partition coefficient (Wildman–Crippen LogP) is 2.63. The van der Waals surface area contributed by atoms with Crippen LogP contribution in [0.25, 0.3) is 11.0 Å². The number of aromatic nitrogens is 2. The average molecular weight is 276 g/mol. The van der Waals surface area contributed by atoms with Crippen LogP contribution in [0.3, 0.4) is 0 Å². The summed E-state index contributed by atoms with van der Waals surface area (Å²) in [7, 11) is 0. The van der Waals surface area contributed by atoms with E-state index in [1.54, 1.807) is 12.1 Å². The van der Waals surface area contributed by atoms with Gasteiger partial charge in [0, 0.05) is 19.1 Å². The zero-order valence-corrected chi connectivity index (χ0v) is 11.8. The quantitative estimate of drug-likeness (QED) is 0.850. The molecule has 0 bridgehead atoms. The molecule has 108 valence electrons. The van der Waals surface area contributed by atoms with E-state index in [-0.39, 0.29) is 18.2 Å². The van der Waals surface area contributed by atoms with Gasteiger partial charge in [0.25, 0.3) is 0 Å². The van der Waals surface area contributed by atoms with E-state index in [4.69, 9.17) is 5.11 Å². The monoisotopic (exact) mass is 276 g/mol. The lowest BCUT2D eigenvalue weighted by molar-refractivity contribution is 0.0697. The van der Waals surface area contributed by atoms with E-state index >= 15 is 0 Å². The molecule has 2 N–H and O–H groups in total. The average Bonchev–Trinajstić information content (AvgIpc) is 2.82. The molecule has 0 radical (unpaired) electrons. The van der Waals surface area contributed by atoms with Gasteiger partial charge in [0.15, 0.2) is 0 Å². The van der Waals surface area contributed by atoms with E-state index in [1.807, 2.05) is 13.0 Å². The van der Waals surface area contributed by atoms with Gasteiger partial charge in [-0.25, -0.2) is 9.78 Å². The highest BCUT2D eigenvalue weighted by Crippen LogP contribution is 2.26. The zero-order chi connectivity index (χ0) is 14.7. The van der Waals surface area contributed by atoms with Gasteiger partial charge in [0.05, 0.1) is 16.6 Å². The zero-order valence-electron chi connectivity index (χ0n) is 11.8. The van der Waals surface area contributed by atoms with Gasteiger partial charge in [0.1, 0.15) is 5.82 Å². The van der Waals surface area contributed by atoms with Crippen LogP contribution in [0.5, 0.6) is 0 Å². The fourth-order valence-corrected chi connectivity index (χ4v) is 2.60. The lowest BCUT2D eigenvalue weighted by Crippen LogP contribution is -2.13. The summed E-state index contributed by atoms with van der Waals surface area (Å²) >= 11 is 0. The van der Waals surface area contributed by atoms with Crippen molar-refractivity contribution in [3.05, 3.63) is 29.6 Å². The summed E-state index contributed by atoms with van der Waals surface area (Å²) in [5.41, 5.74) is 1.89. The van der Waals surface area contributed by atoms with Crippen molar-refractivity contribution in [2.75, 3.05) is 6.61 Å². The standard InChI is InChI=1S/C15H20N2O3/c1-3-11(7-8-18)17-13-6-5-10(15(19)20)9-12(13)16-14(17)4-2/h5-6,9,11,18H,3-4,7-8H2,1-2H3,(H,19,20). The van der Waals surface area contributed by atoms with Crippen LogP contribution in [-0.4, -0.2) is 32.3 Å². The summed E-state index contributed by atoms with van der Waals surface area (Å²) in [5, 5.41) is 18.3. The molecule has 0 aliphatic carbocycles. The Morgan fingerprint density at radius 2 is 2.15 bits per heavy atom. The number of carbonyl (C=O) groups is 1. The molecule has 1 unspecified atom stereocenters. The second-order valence-corrected chi connectivity index (χ2v) is 4.83. The fourth-order valence-electron chi connectivity index (χ4n) is 2.60. The summed E-state index contributed by atoms with van der Waals surface area (Å²) in [4.78, 5) is 15.6. The Kier molecular flexibility index (Phi) is 4.39. The Morgan fingerprint density at radius 3 is 2.70 bits per heavy atom. The number of nitrogens with zero attached hydrogens (tertiary/aromatic N) is 2. The molecule has 2 aromatic rings. The van der Waals surface area contributed by atoms with E-state index in [2.05, 4.69) is 16.5 Å². The first-order valence-corrected chi connectivity index (χ1v) is 6.97. The number of hydrogen-bond donors (Lipinski definition) is 2. The third-order valence-electron chi connectivity index (χ3n) is 3.62. The van der Waals surface area contributed by atoms with Crippen LogP contribution in [0.15, 0.2) is 18.2 Å². The number of imidazole rings is 1. The molecule has 0 aliphatic rings. The van der Waals surface area contributed by atoms with Crippen molar-refractivity contribution in [3.8, 4) is 0 Å². The van der Waals surface area contributed by atoms with Gasteiger partial charge in [-0.05, 0) is 31.0 Å².